The third kappa shape index (κ3) is 3.01. The van der Waals surface area contributed by atoms with Crippen LogP contribution in [0.2, 0.25) is 0 Å². The Kier molecular flexibility index (Phi) is 3.34. The molecule has 2 rings (SSSR count). The Morgan fingerprint density at radius 2 is 2.07 bits per heavy atom. The van der Waals surface area contributed by atoms with Gasteiger partial charge in [0.25, 0.3) is 0 Å². The lowest BCUT2D eigenvalue weighted by Crippen LogP contribution is -2.53. The van der Waals surface area contributed by atoms with Crippen LogP contribution in [0.4, 0.5) is 0 Å². The molecule has 3 heteroatoms. The monoisotopic (exact) mass is 205 g/mol. The second-order valence-corrected chi connectivity index (χ2v) is 4.48. The topological polar surface area (TPSA) is 28.2 Å². The number of hydrogen-bond acceptors (Lipinski definition) is 3. The maximum Gasteiger partial charge on any atom is 0.0543 e. The summed E-state index contributed by atoms with van der Waals surface area (Å²) in [6.07, 6.45) is 1.87. The lowest BCUT2D eigenvalue weighted by atomic mass is 10.1. The van der Waals surface area contributed by atoms with Gasteiger partial charge in [-0.05, 0) is 26.0 Å². The van der Waals surface area contributed by atoms with Crippen molar-refractivity contribution < 1.29 is 0 Å². The van der Waals surface area contributed by atoms with Crippen molar-refractivity contribution in [3.8, 4) is 0 Å². The highest BCUT2D eigenvalue weighted by molar-refractivity contribution is 5.03. The van der Waals surface area contributed by atoms with Gasteiger partial charge in [0.2, 0.25) is 0 Å². The van der Waals surface area contributed by atoms with E-state index < -0.39 is 0 Å². The van der Waals surface area contributed by atoms with Gasteiger partial charge in [0, 0.05) is 37.9 Å². The Hall–Kier alpha value is -0.930. The van der Waals surface area contributed by atoms with Crippen LogP contribution < -0.4 is 5.32 Å². The first-order chi connectivity index (χ1) is 7.24. The molecule has 1 aliphatic heterocycles. The molecule has 1 saturated heterocycles. The maximum absolute atomic E-state index is 4.36. The summed E-state index contributed by atoms with van der Waals surface area (Å²) >= 11 is 0. The van der Waals surface area contributed by atoms with Crippen LogP contribution in [0.15, 0.2) is 24.4 Å². The normalized spacial score (nSPS) is 27.9. The van der Waals surface area contributed by atoms with Gasteiger partial charge in [-0.25, -0.2) is 0 Å². The predicted octanol–water partition coefficient (Wildman–Crippen LogP) is 1.26. The van der Waals surface area contributed by atoms with Crippen molar-refractivity contribution in [1.29, 1.82) is 0 Å². The molecule has 82 valence electrons. The summed E-state index contributed by atoms with van der Waals surface area (Å²) in [4.78, 5) is 6.83. The Morgan fingerprint density at radius 1 is 1.33 bits per heavy atom. The second-order valence-electron chi connectivity index (χ2n) is 4.48. The number of rotatable bonds is 2. The lowest BCUT2D eigenvalue weighted by molar-refractivity contribution is 0.165. The van der Waals surface area contributed by atoms with E-state index in [2.05, 4.69) is 41.2 Å². The highest BCUT2D eigenvalue weighted by Crippen LogP contribution is 2.07. The SMILES string of the molecule is CC1CN(Cc2ccccn2)CC(C)N1. The van der Waals surface area contributed by atoms with Crippen molar-refractivity contribution in [2.45, 2.75) is 32.5 Å². The fraction of sp³-hybridized carbons (Fsp3) is 0.583. The summed E-state index contributed by atoms with van der Waals surface area (Å²) in [5.41, 5.74) is 1.17. The van der Waals surface area contributed by atoms with E-state index >= 15 is 0 Å². The molecule has 0 spiro atoms. The molecule has 2 atom stereocenters. The van der Waals surface area contributed by atoms with E-state index in [9.17, 15) is 0 Å². The summed E-state index contributed by atoms with van der Waals surface area (Å²) in [5, 5.41) is 3.53. The highest BCUT2D eigenvalue weighted by atomic mass is 15.2. The average molecular weight is 205 g/mol. The van der Waals surface area contributed by atoms with Crippen LogP contribution in [0.5, 0.6) is 0 Å². The van der Waals surface area contributed by atoms with Crippen molar-refractivity contribution >= 4 is 0 Å². The minimum Gasteiger partial charge on any atom is -0.309 e. The van der Waals surface area contributed by atoms with Gasteiger partial charge in [0.05, 0.1) is 5.69 Å². The smallest absolute Gasteiger partial charge is 0.0543 e. The molecule has 0 bridgehead atoms. The van der Waals surface area contributed by atoms with Gasteiger partial charge in [-0.3, -0.25) is 9.88 Å². The van der Waals surface area contributed by atoms with Crippen LogP contribution >= 0.6 is 0 Å². The minimum absolute atomic E-state index is 0.581. The molecule has 2 heterocycles. The van der Waals surface area contributed by atoms with E-state index in [1.807, 2.05) is 12.3 Å². The zero-order chi connectivity index (χ0) is 10.7. The largest absolute Gasteiger partial charge is 0.309 e. The molecule has 1 aliphatic rings. The molecule has 15 heavy (non-hydrogen) atoms. The Labute approximate surface area is 91.5 Å². The Balaban J connectivity index is 1.94. The summed E-state index contributed by atoms with van der Waals surface area (Å²) < 4.78 is 0. The predicted molar refractivity (Wildman–Crippen MR) is 61.6 cm³/mol. The number of nitrogens with one attached hydrogen (secondary N) is 1. The van der Waals surface area contributed by atoms with Gasteiger partial charge in [-0.1, -0.05) is 6.07 Å². The molecule has 0 aromatic carbocycles. The van der Waals surface area contributed by atoms with Crippen LogP contribution in [-0.2, 0) is 6.54 Å². The average Bonchev–Trinajstić information content (AvgIpc) is 2.17. The Morgan fingerprint density at radius 3 is 2.67 bits per heavy atom. The van der Waals surface area contributed by atoms with Crippen molar-refractivity contribution in [2.24, 2.45) is 0 Å². The van der Waals surface area contributed by atoms with Gasteiger partial charge in [-0.15, -0.1) is 0 Å². The van der Waals surface area contributed by atoms with Gasteiger partial charge in [0.1, 0.15) is 0 Å². The summed E-state index contributed by atoms with van der Waals surface area (Å²) in [6, 6.07) is 7.27. The van der Waals surface area contributed by atoms with Crippen molar-refractivity contribution in [3.63, 3.8) is 0 Å². The minimum atomic E-state index is 0.581. The van der Waals surface area contributed by atoms with E-state index in [4.69, 9.17) is 0 Å². The second kappa shape index (κ2) is 4.73. The molecule has 1 fully saturated rings. The fourth-order valence-electron chi connectivity index (χ4n) is 2.29. The van der Waals surface area contributed by atoms with E-state index in [0.717, 1.165) is 19.6 Å². The third-order valence-electron chi connectivity index (χ3n) is 2.74. The molecule has 0 radical (unpaired) electrons. The Bertz CT molecular complexity index is 289. The first-order valence-corrected chi connectivity index (χ1v) is 5.62. The maximum atomic E-state index is 4.36. The van der Waals surface area contributed by atoms with E-state index in [1.165, 1.54) is 5.69 Å². The zero-order valence-electron chi connectivity index (χ0n) is 9.48. The fourth-order valence-corrected chi connectivity index (χ4v) is 2.29. The van der Waals surface area contributed by atoms with E-state index in [-0.39, 0.29) is 0 Å². The van der Waals surface area contributed by atoms with Gasteiger partial charge < -0.3 is 5.32 Å². The molecule has 0 aliphatic carbocycles. The molecule has 3 nitrogen and oxygen atoms in total. The van der Waals surface area contributed by atoms with Crippen LogP contribution in [0.25, 0.3) is 0 Å². The number of piperazine rings is 1. The number of aromatic nitrogens is 1. The highest BCUT2D eigenvalue weighted by Gasteiger charge is 2.20. The third-order valence-corrected chi connectivity index (χ3v) is 2.74. The van der Waals surface area contributed by atoms with Gasteiger partial charge >= 0.3 is 0 Å². The van der Waals surface area contributed by atoms with Crippen molar-refractivity contribution in [3.05, 3.63) is 30.1 Å². The number of pyridine rings is 1. The van der Waals surface area contributed by atoms with E-state index in [0.29, 0.717) is 12.1 Å². The van der Waals surface area contributed by atoms with Crippen LogP contribution in [-0.4, -0.2) is 35.1 Å². The number of nitrogens with zero attached hydrogens (tertiary/aromatic N) is 2. The molecular formula is C12H19N3. The molecule has 1 aromatic rings. The molecule has 2 unspecified atom stereocenters. The molecular weight excluding hydrogens is 186 g/mol. The molecule has 0 saturated carbocycles. The van der Waals surface area contributed by atoms with Crippen molar-refractivity contribution in [2.75, 3.05) is 13.1 Å². The van der Waals surface area contributed by atoms with Crippen LogP contribution in [0.1, 0.15) is 19.5 Å². The quantitative estimate of drug-likeness (QED) is 0.788. The summed E-state index contributed by atoms with van der Waals surface area (Å²) in [6.45, 7) is 7.67. The van der Waals surface area contributed by atoms with Crippen LogP contribution in [0, 0.1) is 0 Å². The summed E-state index contributed by atoms with van der Waals surface area (Å²) in [7, 11) is 0. The first kappa shape index (κ1) is 10.6. The summed E-state index contributed by atoms with van der Waals surface area (Å²) in [5.74, 6) is 0. The zero-order valence-corrected chi connectivity index (χ0v) is 9.48. The first-order valence-electron chi connectivity index (χ1n) is 5.62. The standard InChI is InChI=1S/C12H19N3/c1-10-7-15(8-11(2)14-10)9-12-5-3-4-6-13-12/h3-6,10-11,14H,7-9H2,1-2H3. The number of hydrogen-bond donors (Lipinski definition) is 1. The van der Waals surface area contributed by atoms with Crippen LogP contribution in [0.3, 0.4) is 0 Å². The van der Waals surface area contributed by atoms with Gasteiger partial charge in [-0.2, -0.15) is 0 Å². The molecule has 1 N–H and O–H groups in total. The molecule has 1 aromatic heterocycles. The lowest BCUT2D eigenvalue weighted by Gasteiger charge is -2.35. The van der Waals surface area contributed by atoms with E-state index in [1.54, 1.807) is 0 Å². The van der Waals surface area contributed by atoms with Gasteiger partial charge in [0.15, 0.2) is 0 Å². The van der Waals surface area contributed by atoms with Crippen molar-refractivity contribution in [1.82, 2.24) is 15.2 Å². The molecule has 0 amide bonds.